The molecule has 1 aliphatic rings. The smallest absolute Gasteiger partial charge is 0.280 e. The van der Waals surface area contributed by atoms with Gasteiger partial charge in [-0.15, -0.1) is 20.6 Å². The molecule has 3 rings (SSSR count). The second-order valence-electron chi connectivity index (χ2n) is 5.53. The molecule has 0 N–H and O–H groups in total. The highest BCUT2D eigenvalue weighted by Gasteiger charge is 2.17. The van der Waals surface area contributed by atoms with E-state index in [4.69, 9.17) is 16.3 Å². The van der Waals surface area contributed by atoms with Crippen molar-refractivity contribution >= 4 is 43.4 Å². The molecule has 1 fully saturated rings. The Morgan fingerprint density at radius 3 is 3.13 bits per heavy atom. The van der Waals surface area contributed by atoms with Gasteiger partial charge < -0.3 is 9.30 Å². The van der Waals surface area contributed by atoms with Crippen molar-refractivity contribution < 1.29 is 9.53 Å². The molecule has 4 nitrogen and oxygen atoms in total. The van der Waals surface area contributed by atoms with E-state index in [1.54, 1.807) is 18.2 Å². The Labute approximate surface area is 146 Å². The molecule has 2 atom stereocenters. The topological polar surface area (TPSA) is 43.6 Å². The van der Waals surface area contributed by atoms with E-state index in [0.29, 0.717) is 20.7 Å². The molecule has 1 unspecified atom stereocenters. The molecule has 0 spiro atoms. The number of halogens is 1. The van der Waals surface area contributed by atoms with Crippen LogP contribution < -0.4 is 10.1 Å². The number of carbonyl (C=O) groups excluding carboxylic acids is 1. The van der Waals surface area contributed by atoms with Gasteiger partial charge in [0.2, 0.25) is 0 Å². The predicted molar refractivity (Wildman–Crippen MR) is 96.7 cm³/mol. The highest BCUT2D eigenvalue weighted by molar-refractivity contribution is 7.28. The number of aromatic nitrogens is 1. The van der Waals surface area contributed by atoms with Crippen molar-refractivity contribution in [2.24, 2.45) is 4.99 Å². The van der Waals surface area contributed by atoms with Crippen LogP contribution in [0.25, 0.3) is 0 Å². The zero-order valence-corrected chi connectivity index (χ0v) is 15.5. The first kappa shape index (κ1) is 16.8. The molecular formula is C16H18ClN2O2PS. The van der Waals surface area contributed by atoms with Crippen molar-refractivity contribution in [3.63, 3.8) is 0 Å². The average Bonchev–Trinajstić information content (AvgIpc) is 3.12. The maximum Gasteiger partial charge on any atom is 0.280 e. The third kappa shape index (κ3) is 3.92. The first-order valence-corrected chi connectivity index (χ1v) is 9.23. The largest absolute Gasteiger partial charge is 0.376 e. The molecule has 2 aromatic rings. The second kappa shape index (κ2) is 7.27. The molecule has 1 amide bonds. The van der Waals surface area contributed by atoms with E-state index in [1.165, 1.54) is 11.3 Å². The quantitative estimate of drug-likeness (QED) is 0.782. The lowest BCUT2D eigenvalue weighted by molar-refractivity contribution is 0.0950. The van der Waals surface area contributed by atoms with Crippen molar-refractivity contribution in [1.82, 2.24) is 4.57 Å². The summed E-state index contributed by atoms with van der Waals surface area (Å²) >= 11 is 7.59. The lowest BCUT2D eigenvalue weighted by Crippen LogP contribution is -2.24. The van der Waals surface area contributed by atoms with Gasteiger partial charge in [-0.2, -0.15) is 4.99 Å². The highest BCUT2D eigenvalue weighted by Crippen LogP contribution is 2.15. The van der Waals surface area contributed by atoms with Gasteiger partial charge in [-0.1, -0.05) is 17.7 Å². The Balaban J connectivity index is 1.92. The lowest BCUT2D eigenvalue weighted by Gasteiger charge is -2.10. The number of thiazole rings is 1. The Hall–Kier alpha value is -1.000. The van der Waals surface area contributed by atoms with E-state index in [-0.39, 0.29) is 12.0 Å². The van der Waals surface area contributed by atoms with E-state index in [2.05, 4.69) is 14.2 Å². The van der Waals surface area contributed by atoms with Crippen LogP contribution in [0.5, 0.6) is 0 Å². The third-order valence-corrected chi connectivity index (χ3v) is 5.81. The monoisotopic (exact) mass is 368 g/mol. The van der Waals surface area contributed by atoms with Gasteiger partial charge in [0.1, 0.15) is 0 Å². The molecule has 7 heteroatoms. The third-order valence-electron chi connectivity index (χ3n) is 3.74. The first-order valence-electron chi connectivity index (χ1n) is 7.46. The summed E-state index contributed by atoms with van der Waals surface area (Å²) in [6.45, 7) is 3.57. The highest BCUT2D eigenvalue weighted by atomic mass is 35.5. The fourth-order valence-electron chi connectivity index (χ4n) is 2.60. The number of ether oxygens (including phenoxy) is 1. The number of amides is 1. The molecule has 2 heterocycles. The molecule has 23 heavy (non-hydrogen) atoms. The fourth-order valence-corrected chi connectivity index (χ4v) is 3.93. The average molecular weight is 369 g/mol. The van der Waals surface area contributed by atoms with E-state index >= 15 is 0 Å². The molecule has 0 saturated carbocycles. The molecule has 1 aromatic heterocycles. The lowest BCUT2D eigenvalue weighted by atomic mass is 10.2. The van der Waals surface area contributed by atoms with Crippen LogP contribution in [0.15, 0.2) is 29.4 Å². The van der Waals surface area contributed by atoms with Crippen LogP contribution in [0.4, 0.5) is 0 Å². The minimum absolute atomic E-state index is 0.210. The second-order valence-corrected chi connectivity index (χ2v) is 7.73. The van der Waals surface area contributed by atoms with E-state index in [1.807, 2.05) is 17.7 Å². The minimum Gasteiger partial charge on any atom is -0.376 e. The van der Waals surface area contributed by atoms with Gasteiger partial charge >= 0.3 is 0 Å². The van der Waals surface area contributed by atoms with Gasteiger partial charge in [-0.3, -0.25) is 4.79 Å². The number of benzene rings is 1. The van der Waals surface area contributed by atoms with Crippen molar-refractivity contribution in [2.45, 2.75) is 32.4 Å². The maximum absolute atomic E-state index is 12.5. The van der Waals surface area contributed by atoms with Crippen LogP contribution in [-0.2, 0) is 11.3 Å². The van der Waals surface area contributed by atoms with Crippen molar-refractivity contribution in [3.8, 4) is 0 Å². The van der Waals surface area contributed by atoms with Crippen LogP contribution in [0.2, 0.25) is 5.02 Å². The Morgan fingerprint density at radius 2 is 2.39 bits per heavy atom. The van der Waals surface area contributed by atoms with Crippen LogP contribution in [0.3, 0.4) is 0 Å². The molecule has 0 radical (unpaired) electrons. The van der Waals surface area contributed by atoms with Gasteiger partial charge in [0.05, 0.1) is 18.2 Å². The van der Waals surface area contributed by atoms with Gasteiger partial charge in [-0.05, 0) is 31.9 Å². The van der Waals surface area contributed by atoms with Crippen molar-refractivity contribution in [1.29, 1.82) is 0 Å². The Bertz CT molecular complexity index is 794. The summed E-state index contributed by atoms with van der Waals surface area (Å²) in [5.41, 5.74) is 0.511. The van der Waals surface area contributed by atoms with E-state index < -0.39 is 0 Å². The van der Waals surface area contributed by atoms with E-state index in [0.717, 1.165) is 30.9 Å². The standard InChI is InChI=1S/C16H18ClN2O2PS/c1-10-8-19(9-11-4-3-7-21-11)16(23-10)18-15(20)12-5-2-6-13(17)14(12)22/h2,5-6,8,11H,3-4,7,9,22H2,1H3/t11-/m1/s1. The molecule has 1 saturated heterocycles. The maximum atomic E-state index is 12.5. The summed E-state index contributed by atoms with van der Waals surface area (Å²) < 4.78 is 7.70. The fraction of sp³-hybridized carbons (Fsp3) is 0.375. The molecule has 0 bridgehead atoms. The summed E-state index contributed by atoms with van der Waals surface area (Å²) in [5, 5.41) is 1.23. The van der Waals surface area contributed by atoms with Gasteiger partial charge in [0, 0.05) is 28.0 Å². The molecule has 0 aliphatic carbocycles. The summed E-state index contributed by atoms with van der Waals surface area (Å²) in [7, 11) is 2.51. The van der Waals surface area contributed by atoms with Crippen LogP contribution in [0.1, 0.15) is 28.1 Å². The van der Waals surface area contributed by atoms with Gasteiger partial charge in [0.25, 0.3) is 5.91 Å². The zero-order chi connectivity index (χ0) is 16.4. The molecular weight excluding hydrogens is 351 g/mol. The number of hydrogen-bond acceptors (Lipinski definition) is 3. The number of hydrogen-bond donors (Lipinski definition) is 0. The first-order chi connectivity index (χ1) is 11.0. The van der Waals surface area contributed by atoms with Crippen LogP contribution in [-0.4, -0.2) is 23.2 Å². The summed E-state index contributed by atoms with van der Waals surface area (Å²) in [4.78, 5) is 18.6. The van der Waals surface area contributed by atoms with Crippen molar-refractivity contribution in [2.75, 3.05) is 6.61 Å². The molecule has 1 aromatic carbocycles. The number of aryl methyl sites for hydroxylation is 1. The summed E-state index contributed by atoms with van der Waals surface area (Å²) in [6, 6.07) is 5.26. The van der Waals surface area contributed by atoms with Gasteiger partial charge in [0.15, 0.2) is 4.80 Å². The van der Waals surface area contributed by atoms with Crippen LogP contribution in [0, 0.1) is 6.92 Å². The van der Waals surface area contributed by atoms with Gasteiger partial charge in [-0.25, -0.2) is 0 Å². The summed E-state index contributed by atoms with van der Waals surface area (Å²) in [5.74, 6) is -0.277. The Kier molecular flexibility index (Phi) is 5.32. The Morgan fingerprint density at radius 1 is 1.57 bits per heavy atom. The molecule has 122 valence electrons. The normalized spacial score (nSPS) is 18.6. The predicted octanol–water partition coefficient (Wildman–Crippen LogP) is 2.93. The van der Waals surface area contributed by atoms with Crippen LogP contribution >= 0.6 is 32.2 Å². The summed E-state index contributed by atoms with van der Waals surface area (Å²) in [6.07, 6.45) is 4.39. The SMILES string of the molecule is Cc1cn(C[C@H]2CCCO2)c(=NC(=O)c2cccc(Cl)c2P)s1. The van der Waals surface area contributed by atoms with E-state index in [9.17, 15) is 4.79 Å². The number of rotatable bonds is 3. The number of nitrogens with zero attached hydrogens (tertiary/aromatic N) is 2. The zero-order valence-electron chi connectivity index (χ0n) is 12.8. The van der Waals surface area contributed by atoms with Crippen molar-refractivity contribution in [3.05, 3.63) is 44.7 Å². The molecule has 1 aliphatic heterocycles. The minimum atomic E-state index is -0.277. The number of carbonyl (C=O) groups is 1.